The number of rotatable bonds is 2. The van der Waals surface area contributed by atoms with Crippen LogP contribution in [0.2, 0.25) is 0 Å². The van der Waals surface area contributed by atoms with E-state index in [1.807, 2.05) is 0 Å². The largest absolute Gasteiger partial charge is 0.448 e. The molecule has 0 amide bonds. The highest BCUT2D eigenvalue weighted by Gasteiger charge is 1.87. The first-order chi connectivity index (χ1) is 4.43. The zero-order chi connectivity index (χ0) is 6.53. The topological polar surface area (TPSA) is 61.0 Å². The lowest BCUT2D eigenvalue weighted by atomic mass is 10.7. The number of aromatic nitrogens is 2. The van der Waals surface area contributed by atoms with E-state index in [2.05, 4.69) is 9.97 Å². The second-order valence-corrected chi connectivity index (χ2v) is 1.34. The molecule has 0 spiro atoms. The van der Waals surface area contributed by atoms with Gasteiger partial charge < -0.3 is 4.74 Å². The maximum Gasteiger partial charge on any atom is 0.317 e. The van der Waals surface area contributed by atoms with E-state index in [-0.39, 0.29) is 19.1 Å². The molecule has 2 N–H and O–H groups in total. The van der Waals surface area contributed by atoms with Crippen molar-refractivity contribution >= 4 is 12.4 Å². The fourth-order valence-corrected chi connectivity index (χ4v) is 0.434. The van der Waals surface area contributed by atoms with Crippen molar-refractivity contribution in [2.45, 2.75) is 0 Å². The number of hydrogen-bond donors (Lipinski definition) is 1. The average molecular weight is 162 g/mol. The summed E-state index contributed by atoms with van der Waals surface area (Å²) in [5.74, 6) is 0. The fraction of sp³-hybridized carbons (Fsp3) is 0.200. The molecule has 5 heteroatoms. The van der Waals surface area contributed by atoms with Crippen LogP contribution in [0.4, 0.5) is 0 Å². The minimum absolute atomic E-state index is 0. The van der Waals surface area contributed by atoms with Gasteiger partial charge >= 0.3 is 6.01 Å². The van der Waals surface area contributed by atoms with E-state index in [0.717, 1.165) is 0 Å². The van der Waals surface area contributed by atoms with Gasteiger partial charge in [-0.25, -0.2) is 9.97 Å². The Kier molecular flexibility index (Phi) is 4.53. The number of nitrogens with zero attached hydrogens (tertiary/aromatic N) is 2. The number of nitrogens with two attached hydrogens (primary N) is 1. The van der Waals surface area contributed by atoms with Gasteiger partial charge in [0.2, 0.25) is 0 Å². The Bertz CT molecular complexity index is 170. The Morgan fingerprint density at radius 2 is 2.00 bits per heavy atom. The first kappa shape index (κ1) is 9.13. The molecule has 1 heterocycles. The molecule has 0 aliphatic heterocycles. The predicted molar refractivity (Wildman–Crippen MR) is 39.0 cm³/mol. The van der Waals surface area contributed by atoms with Crippen molar-refractivity contribution in [3.05, 3.63) is 18.5 Å². The summed E-state index contributed by atoms with van der Waals surface area (Å²) in [6.07, 6.45) is 3.19. The third-order valence-electron chi connectivity index (χ3n) is 0.755. The summed E-state index contributed by atoms with van der Waals surface area (Å²) in [7, 11) is 0. The minimum atomic E-state index is 0. The van der Waals surface area contributed by atoms with Crippen molar-refractivity contribution in [3.63, 3.8) is 0 Å². The van der Waals surface area contributed by atoms with Crippen LogP contribution in [0.5, 0.6) is 6.01 Å². The van der Waals surface area contributed by atoms with Gasteiger partial charge in [-0.2, -0.15) is 0 Å². The van der Waals surface area contributed by atoms with Crippen molar-refractivity contribution in [1.82, 2.24) is 9.97 Å². The highest BCUT2D eigenvalue weighted by molar-refractivity contribution is 5.85. The number of halogens is 1. The Morgan fingerprint density at radius 3 is 2.50 bits per heavy atom. The first-order valence-corrected chi connectivity index (χ1v) is 2.53. The molecule has 0 fully saturated rings. The third-order valence-corrected chi connectivity index (χ3v) is 0.755. The maximum atomic E-state index is 5.06. The van der Waals surface area contributed by atoms with E-state index in [4.69, 9.17) is 10.5 Å². The van der Waals surface area contributed by atoms with E-state index in [1.54, 1.807) is 18.5 Å². The van der Waals surface area contributed by atoms with Crippen LogP contribution < -0.4 is 10.5 Å². The lowest BCUT2D eigenvalue weighted by Crippen LogP contribution is -2.08. The van der Waals surface area contributed by atoms with Crippen LogP contribution in [-0.4, -0.2) is 16.7 Å². The summed E-state index contributed by atoms with van der Waals surface area (Å²) in [6, 6.07) is 2.03. The molecule has 1 aromatic heterocycles. The van der Waals surface area contributed by atoms with Crippen LogP contribution in [-0.2, 0) is 0 Å². The zero-order valence-electron chi connectivity index (χ0n) is 5.23. The number of hydrogen-bond acceptors (Lipinski definition) is 4. The summed E-state index contributed by atoms with van der Waals surface area (Å²) in [6.45, 7) is 0.115. The Morgan fingerprint density at radius 1 is 1.40 bits per heavy atom. The van der Waals surface area contributed by atoms with Gasteiger partial charge in [-0.15, -0.1) is 12.4 Å². The van der Waals surface area contributed by atoms with Crippen molar-refractivity contribution < 1.29 is 4.74 Å². The van der Waals surface area contributed by atoms with E-state index in [9.17, 15) is 0 Å². The second-order valence-electron chi connectivity index (χ2n) is 1.34. The molecule has 0 aliphatic carbocycles. The molecular weight excluding hydrogens is 154 g/mol. The van der Waals surface area contributed by atoms with Crippen molar-refractivity contribution in [2.75, 3.05) is 6.73 Å². The van der Waals surface area contributed by atoms with Gasteiger partial charge in [-0.1, -0.05) is 0 Å². The van der Waals surface area contributed by atoms with Gasteiger partial charge in [-0.3, -0.25) is 5.73 Å². The molecule has 0 saturated carbocycles. The van der Waals surface area contributed by atoms with Crippen LogP contribution in [0.1, 0.15) is 0 Å². The van der Waals surface area contributed by atoms with Crippen molar-refractivity contribution in [1.29, 1.82) is 0 Å². The first-order valence-electron chi connectivity index (χ1n) is 2.53. The van der Waals surface area contributed by atoms with Crippen LogP contribution in [0.25, 0.3) is 0 Å². The SMILES string of the molecule is Cl.NCOc1ncccn1. The Balaban J connectivity index is 0.000000810. The normalized spacial score (nSPS) is 8.10. The smallest absolute Gasteiger partial charge is 0.317 e. The average Bonchev–Trinajstić information content (AvgIpc) is 1.91. The van der Waals surface area contributed by atoms with Gasteiger partial charge in [0.25, 0.3) is 0 Å². The summed E-state index contributed by atoms with van der Waals surface area (Å²) in [4.78, 5) is 7.51. The maximum absolute atomic E-state index is 5.06. The predicted octanol–water partition coefficient (Wildman–Crippen LogP) is 0.193. The quantitative estimate of drug-likeness (QED) is 0.630. The molecule has 0 unspecified atom stereocenters. The lowest BCUT2D eigenvalue weighted by molar-refractivity contribution is 0.303. The molecule has 0 aromatic carbocycles. The number of ether oxygens (including phenoxy) is 1. The second kappa shape index (κ2) is 4.96. The van der Waals surface area contributed by atoms with Crippen LogP contribution in [0, 0.1) is 0 Å². The highest BCUT2D eigenvalue weighted by atomic mass is 35.5. The molecular formula is C5H8ClN3O. The minimum Gasteiger partial charge on any atom is -0.448 e. The van der Waals surface area contributed by atoms with E-state index >= 15 is 0 Å². The lowest BCUT2D eigenvalue weighted by Gasteiger charge is -1.95. The molecule has 1 rings (SSSR count). The Hall–Kier alpha value is -0.870. The molecule has 10 heavy (non-hydrogen) atoms. The fourth-order valence-electron chi connectivity index (χ4n) is 0.434. The van der Waals surface area contributed by atoms with Crippen molar-refractivity contribution in [2.24, 2.45) is 5.73 Å². The summed E-state index contributed by atoms with van der Waals surface area (Å²) in [5, 5.41) is 0. The van der Waals surface area contributed by atoms with Crippen LogP contribution >= 0.6 is 12.4 Å². The molecule has 4 nitrogen and oxygen atoms in total. The van der Waals surface area contributed by atoms with Gasteiger partial charge in [0, 0.05) is 12.4 Å². The molecule has 0 radical (unpaired) electrons. The molecule has 1 aromatic rings. The van der Waals surface area contributed by atoms with Crippen LogP contribution in [0.15, 0.2) is 18.5 Å². The molecule has 0 atom stereocenters. The summed E-state index contributed by atoms with van der Waals surface area (Å²) in [5.41, 5.74) is 5.06. The van der Waals surface area contributed by atoms with Gasteiger partial charge in [0.1, 0.15) is 6.73 Å². The van der Waals surface area contributed by atoms with Gasteiger partial charge in [0.05, 0.1) is 0 Å². The van der Waals surface area contributed by atoms with E-state index in [1.165, 1.54) is 0 Å². The zero-order valence-corrected chi connectivity index (χ0v) is 6.04. The summed E-state index contributed by atoms with van der Waals surface area (Å²) >= 11 is 0. The van der Waals surface area contributed by atoms with Gasteiger partial charge in [0.15, 0.2) is 0 Å². The highest BCUT2D eigenvalue weighted by Crippen LogP contribution is 1.94. The van der Waals surface area contributed by atoms with Crippen molar-refractivity contribution in [3.8, 4) is 6.01 Å². The summed E-state index contributed by atoms with van der Waals surface area (Å²) < 4.78 is 4.76. The third kappa shape index (κ3) is 2.61. The molecule has 0 bridgehead atoms. The standard InChI is InChI=1S/C5H7N3O.ClH/c6-4-9-5-7-2-1-3-8-5;/h1-3H,4,6H2;1H. The van der Waals surface area contributed by atoms with E-state index in [0.29, 0.717) is 6.01 Å². The van der Waals surface area contributed by atoms with E-state index < -0.39 is 0 Å². The molecule has 0 aliphatic rings. The van der Waals surface area contributed by atoms with Gasteiger partial charge in [-0.05, 0) is 6.07 Å². The monoisotopic (exact) mass is 161 g/mol. The van der Waals surface area contributed by atoms with Crippen LogP contribution in [0.3, 0.4) is 0 Å². The molecule has 0 saturated heterocycles. The Labute approximate surface area is 64.8 Å². The molecule has 56 valence electrons.